The number of piperidine rings is 1. The summed E-state index contributed by atoms with van der Waals surface area (Å²) in [6.07, 6.45) is 4.70. The molecular formula is C20H34N4. The fraction of sp³-hybridized carbons (Fsp3) is 0.650. The van der Waals surface area contributed by atoms with Crippen molar-refractivity contribution in [2.75, 3.05) is 31.5 Å². The number of hydrogen-bond acceptors (Lipinski definition) is 2. The molecule has 1 aliphatic heterocycles. The van der Waals surface area contributed by atoms with Gasteiger partial charge in [0.15, 0.2) is 5.96 Å². The fourth-order valence-corrected chi connectivity index (χ4v) is 3.68. The van der Waals surface area contributed by atoms with Gasteiger partial charge in [-0.2, -0.15) is 0 Å². The first-order valence-electron chi connectivity index (χ1n) is 9.45. The van der Waals surface area contributed by atoms with Crippen molar-refractivity contribution in [2.45, 2.75) is 46.5 Å². The van der Waals surface area contributed by atoms with Crippen LogP contribution in [0.5, 0.6) is 0 Å². The molecule has 0 aliphatic carbocycles. The predicted octanol–water partition coefficient (Wildman–Crippen LogP) is 3.73. The Balaban J connectivity index is 1.66. The number of rotatable bonds is 7. The van der Waals surface area contributed by atoms with Crippen molar-refractivity contribution in [1.29, 1.82) is 0 Å². The Hall–Kier alpha value is -1.55. The Kier molecular flexibility index (Phi) is 7.57. The largest absolute Gasteiger partial charge is 0.370 e. The molecule has 1 heterocycles. The Morgan fingerprint density at radius 3 is 2.71 bits per heavy atom. The molecule has 2 unspecified atom stereocenters. The lowest BCUT2D eigenvalue weighted by atomic mass is 9.92. The second-order valence-corrected chi connectivity index (χ2v) is 7.36. The van der Waals surface area contributed by atoms with Crippen molar-refractivity contribution in [3.05, 3.63) is 29.8 Å². The second kappa shape index (κ2) is 9.67. The van der Waals surface area contributed by atoms with Crippen LogP contribution in [0, 0.1) is 11.8 Å². The predicted molar refractivity (Wildman–Crippen MR) is 105 cm³/mol. The molecule has 0 radical (unpaired) electrons. The Morgan fingerprint density at radius 1 is 1.25 bits per heavy atom. The van der Waals surface area contributed by atoms with Crippen molar-refractivity contribution in [3.63, 3.8) is 0 Å². The van der Waals surface area contributed by atoms with Gasteiger partial charge < -0.3 is 16.0 Å². The molecule has 3 N–H and O–H groups in total. The molecule has 134 valence electrons. The van der Waals surface area contributed by atoms with Gasteiger partial charge in [-0.3, -0.25) is 4.99 Å². The van der Waals surface area contributed by atoms with Gasteiger partial charge in [0.25, 0.3) is 0 Å². The average molecular weight is 331 g/mol. The summed E-state index contributed by atoms with van der Waals surface area (Å²) in [6, 6.07) is 8.33. The number of nitrogens with zero attached hydrogens (tertiary/aromatic N) is 2. The van der Waals surface area contributed by atoms with E-state index in [1.807, 2.05) is 6.07 Å². The van der Waals surface area contributed by atoms with Crippen LogP contribution in [0.2, 0.25) is 0 Å². The quantitative estimate of drug-likeness (QED) is 0.455. The van der Waals surface area contributed by atoms with E-state index in [1.165, 1.54) is 38.0 Å². The summed E-state index contributed by atoms with van der Waals surface area (Å²) < 4.78 is 0. The highest BCUT2D eigenvalue weighted by Gasteiger charge is 2.20. The maximum Gasteiger partial charge on any atom is 0.193 e. The number of hydrogen-bond donors (Lipinski definition) is 2. The van der Waals surface area contributed by atoms with Crippen molar-refractivity contribution >= 4 is 11.6 Å². The first-order chi connectivity index (χ1) is 11.6. The lowest BCUT2D eigenvalue weighted by molar-refractivity contribution is 0.139. The molecule has 1 fully saturated rings. The van der Waals surface area contributed by atoms with Crippen LogP contribution in [0.1, 0.15) is 45.6 Å². The number of unbranched alkanes of at least 4 members (excludes halogenated alkanes) is 1. The van der Waals surface area contributed by atoms with Gasteiger partial charge in [-0.05, 0) is 61.8 Å². The third-order valence-electron chi connectivity index (χ3n) is 4.72. The van der Waals surface area contributed by atoms with E-state index in [2.05, 4.69) is 54.2 Å². The van der Waals surface area contributed by atoms with Crippen LogP contribution in [-0.2, 0) is 6.42 Å². The highest BCUT2D eigenvalue weighted by atomic mass is 15.1. The number of aryl methyl sites for hydroxylation is 1. The van der Waals surface area contributed by atoms with Gasteiger partial charge in [-0.15, -0.1) is 0 Å². The normalized spacial score (nSPS) is 22.5. The molecular weight excluding hydrogens is 296 g/mol. The highest BCUT2D eigenvalue weighted by molar-refractivity contribution is 5.92. The van der Waals surface area contributed by atoms with Gasteiger partial charge in [-0.1, -0.05) is 32.9 Å². The van der Waals surface area contributed by atoms with E-state index >= 15 is 0 Å². The van der Waals surface area contributed by atoms with Crippen LogP contribution >= 0.6 is 0 Å². The van der Waals surface area contributed by atoms with E-state index in [4.69, 9.17) is 5.73 Å². The second-order valence-electron chi connectivity index (χ2n) is 7.36. The zero-order valence-corrected chi connectivity index (χ0v) is 15.6. The van der Waals surface area contributed by atoms with Crippen LogP contribution in [0.15, 0.2) is 29.3 Å². The van der Waals surface area contributed by atoms with Gasteiger partial charge in [0.1, 0.15) is 0 Å². The summed E-state index contributed by atoms with van der Waals surface area (Å²) in [5.74, 6) is 2.19. The Morgan fingerprint density at radius 2 is 2.00 bits per heavy atom. The zero-order valence-electron chi connectivity index (χ0n) is 15.6. The van der Waals surface area contributed by atoms with Crippen LogP contribution < -0.4 is 11.1 Å². The van der Waals surface area contributed by atoms with Gasteiger partial charge in [-0.25, -0.2) is 0 Å². The topological polar surface area (TPSA) is 53.6 Å². The minimum Gasteiger partial charge on any atom is -0.370 e. The first kappa shape index (κ1) is 18.8. The van der Waals surface area contributed by atoms with E-state index in [0.29, 0.717) is 5.96 Å². The molecule has 0 aromatic heterocycles. The van der Waals surface area contributed by atoms with Crippen LogP contribution in [0.4, 0.5) is 5.69 Å². The summed E-state index contributed by atoms with van der Waals surface area (Å²) in [5.41, 5.74) is 8.31. The average Bonchev–Trinajstić information content (AvgIpc) is 2.54. The summed E-state index contributed by atoms with van der Waals surface area (Å²) in [5, 5.41) is 3.19. The van der Waals surface area contributed by atoms with E-state index in [0.717, 1.165) is 36.9 Å². The van der Waals surface area contributed by atoms with E-state index < -0.39 is 0 Å². The van der Waals surface area contributed by atoms with Crippen LogP contribution in [0.3, 0.4) is 0 Å². The molecule has 4 heteroatoms. The van der Waals surface area contributed by atoms with E-state index in [-0.39, 0.29) is 0 Å². The van der Waals surface area contributed by atoms with Crippen molar-refractivity contribution in [3.8, 4) is 0 Å². The maximum absolute atomic E-state index is 5.99. The third kappa shape index (κ3) is 6.52. The lowest BCUT2D eigenvalue weighted by Gasteiger charge is -2.34. The standard InChI is InChI=1S/C20H34N4/c1-4-18-8-7-9-19(13-18)23-20(21)22-10-5-6-11-24-14-16(2)12-17(3)15-24/h7-9,13,16-17H,4-6,10-12,14-15H2,1-3H3,(H3,21,22,23). The molecule has 0 saturated carbocycles. The number of likely N-dealkylation sites (tertiary alicyclic amines) is 1. The lowest BCUT2D eigenvalue weighted by Crippen LogP contribution is -2.39. The maximum atomic E-state index is 5.99. The summed E-state index contributed by atoms with van der Waals surface area (Å²) in [6.45, 7) is 11.4. The monoisotopic (exact) mass is 330 g/mol. The summed E-state index contributed by atoms with van der Waals surface area (Å²) in [4.78, 5) is 7.06. The Bertz CT molecular complexity index is 516. The molecule has 4 nitrogen and oxygen atoms in total. The van der Waals surface area contributed by atoms with Crippen molar-refractivity contribution < 1.29 is 0 Å². The molecule has 2 atom stereocenters. The smallest absolute Gasteiger partial charge is 0.193 e. The molecule has 2 rings (SSSR count). The molecule has 0 spiro atoms. The van der Waals surface area contributed by atoms with Crippen molar-refractivity contribution in [2.24, 2.45) is 22.6 Å². The number of guanidine groups is 1. The molecule has 1 aromatic carbocycles. The molecule has 1 saturated heterocycles. The first-order valence-corrected chi connectivity index (χ1v) is 9.45. The molecule has 0 amide bonds. The van der Waals surface area contributed by atoms with Gasteiger partial charge in [0, 0.05) is 25.3 Å². The third-order valence-corrected chi connectivity index (χ3v) is 4.72. The number of anilines is 1. The minimum absolute atomic E-state index is 0.517. The molecule has 24 heavy (non-hydrogen) atoms. The summed E-state index contributed by atoms with van der Waals surface area (Å²) >= 11 is 0. The number of aliphatic imine (C=N–C) groups is 1. The zero-order chi connectivity index (χ0) is 17.4. The SMILES string of the molecule is CCc1cccc(NC(N)=NCCCCN2CC(C)CC(C)C2)c1. The Labute approximate surface area is 147 Å². The van der Waals surface area contributed by atoms with Crippen LogP contribution in [-0.4, -0.2) is 37.0 Å². The minimum atomic E-state index is 0.517. The van der Waals surface area contributed by atoms with E-state index in [9.17, 15) is 0 Å². The van der Waals surface area contributed by atoms with Gasteiger partial charge >= 0.3 is 0 Å². The number of benzene rings is 1. The van der Waals surface area contributed by atoms with Crippen molar-refractivity contribution in [1.82, 2.24) is 4.90 Å². The molecule has 0 bridgehead atoms. The number of nitrogens with one attached hydrogen (secondary N) is 1. The fourth-order valence-electron chi connectivity index (χ4n) is 3.68. The molecule has 1 aromatic rings. The highest BCUT2D eigenvalue weighted by Crippen LogP contribution is 2.21. The molecule has 1 aliphatic rings. The van der Waals surface area contributed by atoms with Gasteiger partial charge in [0.05, 0.1) is 0 Å². The van der Waals surface area contributed by atoms with Gasteiger partial charge in [0.2, 0.25) is 0 Å². The summed E-state index contributed by atoms with van der Waals surface area (Å²) in [7, 11) is 0. The number of nitrogens with two attached hydrogens (primary N) is 1. The van der Waals surface area contributed by atoms with E-state index in [1.54, 1.807) is 0 Å². The van der Waals surface area contributed by atoms with Crippen LogP contribution in [0.25, 0.3) is 0 Å².